The van der Waals surface area contributed by atoms with Gasteiger partial charge in [-0.15, -0.1) is 0 Å². The maximum Gasteiger partial charge on any atom is 1.00 e. The fraction of sp³-hybridized carbons (Fsp3) is 0.700. The molecule has 1 aromatic rings. The van der Waals surface area contributed by atoms with Crippen LogP contribution in [-0.4, -0.2) is 24.8 Å². The van der Waals surface area contributed by atoms with Gasteiger partial charge in [0, 0.05) is 5.25 Å². The molecule has 1 rings (SSSR count). The Labute approximate surface area is 182 Å². The number of unbranched alkanes of at least 4 members (excludes halogenated alkanes) is 4. The minimum Gasteiger partial charge on any atom is -0.748 e. The third-order valence-electron chi connectivity index (χ3n) is 4.56. The fourth-order valence-corrected chi connectivity index (χ4v) is 3.17. The minimum atomic E-state index is -4.23. The summed E-state index contributed by atoms with van der Waals surface area (Å²) in [5, 5.41) is -0.912. The number of rotatable bonds is 13. The molecule has 0 spiro atoms. The molecule has 0 heterocycles. The summed E-state index contributed by atoms with van der Waals surface area (Å²) in [6.07, 6.45) is 9.62. The molecule has 0 saturated carbocycles. The Balaban J connectivity index is 0.00000625. The van der Waals surface area contributed by atoms with Crippen molar-refractivity contribution in [3.05, 3.63) is 29.3 Å². The third kappa shape index (κ3) is 10.3. The van der Waals surface area contributed by atoms with Gasteiger partial charge in [-0.2, -0.15) is 0 Å². The van der Waals surface area contributed by atoms with Crippen LogP contribution in [0.2, 0.25) is 0 Å². The van der Waals surface area contributed by atoms with Gasteiger partial charge in [-0.25, -0.2) is 8.42 Å². The molecule has 1 atom stereocenters. The molecule has 0 amide bonds. The summed E-state index contributed by atoms with van der Waals surface area (Å²) in [5.41, 5.74) is 2.74. The van der Waals surface area contributed by atoms with E-state index in [4.69, 9.17) is 4.74 Å². The second-order valence-electron chi connectivity index (χ2n) is 6.79. The molecule has 1 aromatic carbocycles. The molecule has 6 heteroatoms. The molecule has 4 nitrogen and oxygen atoms in total. The summed E-state index contributed by atoms with van der Waals surface area (Å²) < 4.78 is 38.5. The number of aryl methyl sites for hydroxylation is 2. The summed E-state index contributed by atoms with van der Waals surface area (Å²) in [6.45, 7) is 6.08. The standard InChI is InChI=1S/C20H34O4S.Na/c1-4-6-8-10-18-12-13-20(16-19(18)11-9-7-5-2)24-15-14-17(3)25(21,22)23;/h12-13,16-17H,4-11,14-15H2,1-3H3,(H,21,22,23);/q;+1/p-1. The molecule has 1 unspecified atom stereocenters. The van der Waals surface area contributed by atoms with Crippen LogP contribution in [0.3, 0.4) is 0 Å². The molecule has 0 N–H and O–H groups in total. The van der Waals surface area contributed by atoms with E-state index in [2.05, 4.69) is 26.0 Å². The summed E-state index contributed by atoms with van der Waals surface area (Å²) in [5.74, 6) is 0.765. The van der Waals surface area contributed by atoms with Crippen molar-refractivity contribution in [2.24, 2.45) is 0 Å². The zero-order valence-electron chi connectivity index (χ0n) is 16.9. The molecular formula is C20H33NaO4S. The molecule has 0 bridgehead atoms. The van der Waals surface area contributed by atoms with Gasteiger partial charge in [-0.1, -0.05) is 45.6 Å². The summed E-state index contributed by atoms with van der Waals surface area (Å²) in [7, 11) is -4.23. The maximum absolute atomic E-state index is 10.9. The van der Waals surface area contributed by atoms with Crippen molar-refractivity contribution >= 4 is 10.1 Å². The smallest absolute Gasteiger partial charge is 0.748 e. The van der Waals surface area contributed by atoms with Gasteiger partial charge in [0.15, 0.2) is 0 Å². The minimum absolute atomic E-state index is 0. The molecule has 144 valence electrons. The van der Waals surface area contributed by atoms with Crippen LogP contribution in [0.25, 0.3) is 0 Å². The van der Waals surface area contributed by atoms with Gasteiger partial charge in [0.1, 0.15) is 5.75 Å². The number of hydrogen-bond acceptors (Lipinski definition) is 4. The van der Waals surface area contributed by atoms with Crippen LogP contribution in [-0.2, 0) is 23.0 Å². The van der Waals surface area contributed by atoms with E-state index in [0.717, 1.165) is 18.6 Å². The molecule has 0 aliphatic heterocycles. The fourth-order valence-electron chi connectivity index (χ4n) is 2.79. The van der Waals surface area contributed by atoms with Crippen molar-refractivity contribution < 1.29 is 47.3 Å². The molecular weight excluding hydrogens is 359 g/mol. The van der Waals surface area contributed by atoms with E-state index in [1.54, 1.807) is 0 Å². The van der Waals surface area contributed by atoms with Gasteiger partial charge in [0.25, 0.3) is 0 Å². The van der Waals surface area contributed by atoms with E-state index in [9.17, 15) is 13.0 Å². The van der Waals surface area contributed by atoms with Crippen LogP contribution in [0.5, 0.6) is 5.75 Å². The van der Waals surface area contributed by atoms with Crippen LogP contribution >= 0.6 is 0 Å². The zero-order valence-corrected chi connectivity index (χ0v) is 19.7. The topological polar surface area (TPSA) is 66.4 Å². The van der Waals surface area contributed by atoms with Crippen molar-refractivity contribution in [3.63, 3.8) is 0 Å². The Morgan fingerprint density at radius 1 is 1.00 bits per heavy atom. The molecule has 0 aliphatic carbocycles. The van der Waals surface area contributed by atoms with E-state index >= 15 is 0 Å². The second kappa shape index (κ2) is 14.0. The van der Waals surface area contributed by atoms with Gasteiger partial charge in [-0.05, 0) is 62.3 Å². The molecule has 0 saturated heterocycles. The average molecular weight is 393 g/mol. The Morgan fingerprint density at radius 2 is 1.58 bits per heavy atom. The van der Waals surface area contributed by atoms with Crippen molar-refractivity contribution in [1.29, 1.82) is 0 Å². The summed E-state index contributed by atoms with van der Waals surface area (Å²) in [4.78, 5) is 0. The van der Waals surface area contributed by atoms with Crippen LogP contribution in [0.15, 0.2) is 18.2 Å². The second-order valence-corrected chi connectivity index (χ2v) is 8.58. The van der Waals surface area contributed by atoms with E-state index in [1.807, 2.05) is 6.07 Å². The van der Waals surface area contributed by atoms with Gasteiger partial charge in [-0.3, -0.25) is 0 Å². The van der Waals surface area contributed by atoms with E-state index in [1.165, 1.54) is 56.6 Å². The Hall–Kier alpha value is -0.0700. The van der Waals surface area contributed by atoms with Crippen molar-refractivity contribution in [2.45, 2.75) is 83.8 Å². The van der Waals surface area contributed by atoms with E-state index in [0.29, 0.717) is 0 Å². The van der Waals surface area contributed by atoms with Crippen molar-refractivity contribution in [1.82, 2.24) is 0 Å². The first-order valence-electron chi connectivity index (χ1n) is 9.57. The quantitative estimate of drug-likeness (QED) is 0.292. The van der Waals surface area contributed by atoms with Crippen molar-refractivity contribution in [2.75, 3.05) is 6.61 Å². The average Bonchev–Trinajstić information content (AvgIpc) is 2.56. The predicted molar refractivity (Wildman–Crippen MR) is 102 cm³/mol. The molecule has 0 fully saturated rings. The number of ether oxygens (including phenoxy) is 1. The SMILES string of the molecule is CCCCCc1ccc(OCCC(C)S(=O)(=O)[O-])cc1CCCCC.[Na+]. The van der Waals surface area contributed by atoms with Crippen molar-refractivity contribution in [3.8, 4) is 5.75 Å². The Morgan fingerprint density at radius 3 is 2.12 bits per heavy atom. The largest absolute Gasteiger partial charge is 1.00 e. The molecule has 0 aromatic heterocycles. The first kappa shape index (κ1) is 25.9. The van der Waals surface area contributed by atoms with Crippen LogP contribution < -0.4 is 34.3 Å². The third-order valence-corrected chi connectivity index (χ3v) is 5.78. The predicted octanol–water partition coefficient (Wildman–Crippen LogP) is 1.86. The number of hydrogen-bond donors (Lipinski definition) is 0. The Kier molecular flexibility index (Phi) is 14.0. The van der Waals surface area contributed by atoms with Gasteiger partial charge >= 0.3 is 29.6 Å². The summed E-state index contributed by atoms with van der Waals surface area (Å²) in [6, 6.07) is 6.19. The summed E-state index contributed by atoms with van der Waals surface area (Å²) >= 11 is 0. The monoisotopic (exact) mass is 392 g/mol. The first-order valence-corrected chi connectivity index (χ1v) is 11.0. The molecule has 0 aliphatic rings. The van der Waals surface area contributed by atoms with Crippen LogP contribution in [0, 0.1) is 0 Å². The first-order chi connectivity index (χ1) is 11.9. The maximum atomic E-state index is 10.9. The van der Waals surface area contributed by atoms with Gasteiger partial charge in [0.2, 0.25) is 0 Å². The van der Waals surface area contributed by atoms with Crippen LogP contribution in [0.1, 0.15) is 76.8 Å². The Bertz CT molecular complexity index is 602. The van der Waals surface area contributed by atoms with E-state index in [-0.39, 0.29) is 42.6 Å². The van der Waals surface area contributed by atoms with E-state index < -0.39 is 15.4 Å². The van der Waals surface area contributed by atoms with Gasteiger partial charge < -0.3 is 9.29 Å². The zero-order chi connectivity index (χ0) is 18.7. The van der Waals surface area contributed by atoms with Crippen LogP contribution in [0.4, 0.5) is 0 Å². The normalized spacial score (nSPS) is 12.5. The molecule has 26 heavy (non-hydrogen) atoms. The molecule has 0 radical (unpaired) electrons. The van der Waals surface area contributed by atoms with Gasteiger partial charge in [0.05, 0.1) is 16.7 Å². The number of benzene rings is 1.